The van der Waals surface area contributed by atoms with Gasteiger partial charge in [0.25, 0.3) is 0 Å². The van der Waals surface area contributed by atoms with Gasteiger partial charge in [0, 0.05) is 56.4 Å². The molecule has 4 atom stereocenters. The van der Waals surface area contributed by atoms with Crippen molar-refractivity contribution in [3.05, 3.63) is 34.3 Å². The molecule has 2 aliphatic heterocycles. The van der Waals surface area contributed by atoms with Crippen LogP contribution in [-0.4, -0.2) is 82.7 Å². The van der Waals surface area contributed by atoms with Gasteiger partial charge in [0.2, 0.25) is 0 Å². The number of halogens is 1. The molecule has 2 aliphatic rings. The number of urea groups is 1. The number of rotatable bonds is 12. The van der Waals surface area contributed by atoms with Crippen LogP contribution >= 0.6 is 11.6 Å². The van der Waals surface area contributed by atoms with Crippen molar-refractivity contribution in [1.29, 1.82) is 0 Å². The van der Waals surface area contributed by atoms with E-state index in [-0.39, 0.29) is 24.1 Å². The van der Waals surface area contributed by atoms with Crippen molar-refractivity contribution in [2.75, 3.05) is 59.7 Å². The molecule has 38 heavy (non-hydrogen) atoms. The molecule has 2 saturated heterocycles. The maximum absolute atomic E-state index is 13.2. The number of alkyl carbamates (subject to hydrolysis) is 1. The summed E-state index contributed by atoms with van der Waals surface area (Å²) in [6.07, 6.45) is 4.39. The third-order valence-corrected chi connectivity index (χ3v) is 7.68. The predicted molar refractivity (Wildman–Crippen MR) is 149 cm³/mol. The normalized spacial score (nSPS) is 21.4. The average Bonchev–Trinajstić information content (AvgIpc) is 2.93. The fraction of sp³-hybridized carbons (Fsp3) is 0.714. The van der Waals surface area contributed by atoms with Crippen molar-refractivity contribution in [2.24, 2.45) is 11.8 Å². The summed E-state index contributed by atoms with van der Waals surface area (Å²) in [4.78, 5) is 26.6. The number of likely N-dealkylation sites (tertiary alicyclic amines) is 1. The van der Waals surface area contributed by atoms with Gasteiger partial charge < -0.3 is 35.1 Å². The number of methoxy groups -OCH3 is 1. The molecule has 0 spiro atoms. The van der Waals surface area contributed by atoms with Crippen molar-refractivity contribution in [2.45, 2.75) is 58.1 Å². The summed E-state index contributed by atoms with van der Waals surface area (Å²) in [7, 11) is 1.33. The van der Waals surface area contributed by atoms with Gasteiger partial charge in [-0.15, -0.1) is 0 Å². The lowest BCUT2D eigenvalue weighted by molar-refractivity contribution is -0.00886. The van der Waals surface area contributed by atoms with Gasteiger partial charge in [0.05, 0.1) is 19.8 Å². The van der Waals surface area contributed by atoms with Gasteiger partial charge in [-0.1, -0.05) is 24.6 Å². The van der Waals surface area contributed by atoms with Crippen LogP contribution < -0.4 is 16.0 Å². The first kappa shape index (κ1) is 30.5. The number of piperidine rings is 1. The highest BCUT2D eigenvalue weighted by molar-refractivity contribution is 6.30. The largest absolute Gasteiger partial charge is 0.453 e. The second kappa shape index (κ2) is 16.1. The molecular weight excluding hydrogens is 508 g/mol. The Hall–Kier alpha value is -2.07. The van der Waals surface area contributed by atoms with E-state index in [1.807, 2.05) is 30.0 Å². The standard InChI is InChI=1S/C28H45ClN4O5/c1-4-30-24(15-21-7-6-13-37-19-21)17-32-27(34)33-12-5-8-22(18-33)26(38-14-11-31-28(35)36-3)25-16-23(29)10-9-20(25)2/h9-10,16,21-22,24,26,30H,4-8,11-15,17-19H2,1-3H3,(H,31,35)(H,32,34)/t21-,22-,24+,26-/m1/s1. The van der Waals surface area contributed by atoms with E-state index in [0.29, 0.717) is 37.2 Å². The molecular formula is C28H45ClN4O5. The van der Waals surface area contributed by atoms with E-state index >= 15 is 0 Å². The Morgan fingerprint density at radius 3 is 2.82 bits per heavy atom. The lowest BCUT2D eigenvalue weighted by atomic mass is 9.86. The number of hydrogen-bond donors (Lipinski definition) is 3. The minimum atomic E-state index is -0.489. The van der Waals surface area contributed by atoms with Crippen LogP contribution in [0.15, 0.2) is 18.2 Å². The number of carbonyl (C=O) groups excluding carboxylic acids is 2. The fourth-order valence-electron chi connectivity index (χ4n) is 5.50. The summed E-state index contributed by atoms with van der Waals surface area (Å²) in [5.41, 5.74) is 2.10. The minimum absolute atomic E-state index is 0.0357. The highest BCUT2D eigenvalue weighted by atomic mass is 35.5. The topological polar surface area (TPSA) is 101 Å². The molecule has 3 N–H and O–H groups in total. The van der Waals surface area contributed by atoms with E-state index in [9.17, 15) is 9.59 Å². The zero-order valence-corrected chi connectivity index (χ0v) is 23.9. The highest BCUT2D eigenvalue weighted by Gasteiger charge is 2.32. The molecule has 10 heteroatoms. The molecule has 0 aromatic heterocycles. The van der Waals surface area contributed by atoms with Crippen LogP contribution in [-0.2, 0) is 14.2 Å². The summed E-state index contributed by atoms with van der Waals surface area (Å²) in [5.74, 6) is 0.644. The zero-order valence-electron chi connectivity index (χ0n) is 23.1. The number of hydrogen-bond acceptors (Lipinski definition) is 6. The van der Waals surface area contributed by atoms with E-state index in [1.165, 1.54) is 13.5 Å². The first-order valence-electron chi connectivity index (χ1n) is 13.9. The second-order valence-corrected chi connectivity index (χ2v) is 10.8. The number of aryl methyl sites for hydroxylation is 1. The van der Waals surface area contributed by atoms with Gasteiger partial charge >= 0.3 is 12.1 Å². The quantitative estimate of drug-likeness (QED) is 0.335. The Bertz CT molecular complexity index is 883. The number of likely N-dealkylation sites (N-methyl/N-ethyl adjacent to an activating group) is 1. The second-order valence-electron chi connectivity index (χ2n) is 10.3. The smallest absolute Gasteiger partial charge is 0.406 e. The molecule has 0 bridgehead atoms. The van der Waals surface area contributed by atoms with Gasteiger partial charge in [0.15, 0.2) is 0 Å². The molecule has 1 aromatic carbocycles. The van der Waals surface area contributed by atoms with E-state index < -0.39 is 6.09 Å². The molecule has 0 unspecified atom stereocenters. The summed E-state index contributed by atoms with van der Waals surface area (Å²) in [5, 5.41) is 10.0. The van der Waals surface area contributed by atoms with Gasteiger partial charge in [-0.2, -0.15) is 0 Å². The Morgan fingerprint density at radius 1 is 1.24 bits per heavy atom. The van der Waals surface area contributed by atoms with Gasteiger partial charge in [-0.3, -0.25) is 0 Å². The number of ether oxygens (including phenoxy) is 3. The van der Waals surface area contributed by atoms with Crippen molar-refractivity contribution in [1.82, 2.24) is 20.9 Å². The van der Waals surface area contributed by atoms with Crippen molar-refractivity contribution in [3.8, 4) is 0 Å². The third kappa shape index (κ3) is 9.59. The van der Waals surface area contributed by atoms with Crippen LogP contribution in [0.1, 0.15) is 56.3 Å². The molecule has 3 amide bonds. The predicted octanol–water partition coefficient (Wildman–Crippen LogP) is 4.28. The molecule has 0 radical (unpaired) electrons. The van der Waals surface area contributed by atoms with Crippen LogP contribution in [0.5, 0.6) is 0 Å². The van der Waals surface area contributed by atoms with Crippen LogP contribution in [0.4, 0.5) is 9.59 Å². The van der Waals surface area contributed by atoms with Gasteiger partial charge in [-0.25, -0.2) is 9.59 Å². The van der Waals surface area contributed by atoms with E-state index in [4.69, 9.17) is 21.1 Å². The molecule has 3 rings (SSSR count). The molecule has 2 heterocycles. The lowest BCUT2D eigenvalue weighted by Gasteiger charge is -2.38. The molecule has 214 valence electrons. The monoisotopic (exact) mass is 552 g/mol. The highest BCUT2D eigenvalue weighted by Crippen LogP contribution is 2.35. The van der Waals surface area contributed by atoms with Crippen molar-refractivity contribution < 1.29 is 23.8 Å². The Kier molecular flexibility index (Phi) is 12.9. The number of nitrogens with zero attached hydrogens (tertiary/aromatic N) is 1. The summed E-state index contributed by atoms with van der Waals surface area (Å²) < 4.78 is 16.6. The van der Waals surface area contributed by atoms with E-state index in [0.717, 1.165) is 63.1 Å². The summed E-state index contributed by atoms with van der Waals surface area (Å²) in [6.45, 7) is 9.23. The van der Waals surface area contributed by atoms with Crippen LogP contribution in [0.3, 0.4) is 0 Å². The van der Waals surface area contributed by atoms with E-state index in [2.05, 4.69) is 27.6 Å². The van der Waals surface area contributed by atoms with Crippen LogP contribution in [0.25, 0.3) is 0 Å². The lowest BCUT2D eigenvalue weighted by Crippen LogP contribution is -2.50. The number of carbonyl (C=O) groups is 2. The molecule has 1 aromatic rings. The maximum Gasteiger partial charge on any atom is 0.406 e. The van der Waals surface area contributed by atoms with Crippen molar-refractivity contribution >= 4 is 23.7 Å². The first-order chi connectivity index (χ1) is 18.4. The number of benzene rings is 1. The summed E-state index contributed by atoms with van der Waals surface area (Å²) >= 11 is 6.35. The third-order valence-electron chi connectivity index (χ3n) is 7.44. The SMILES string of the molecule is CCN[C@H](CNC(=O)N1CCC[C@@H]([C@@H](OCCNC(=O)OC)c2cc(Cl)ccc2C)C1)C[C@H]1CCCOC1. The molecule has 9 nitrogen and oxygen atoms in total. The molecule has 2 fully saturated rings. The zero-order chi connectivity index (χ0) is 27.3. The fourth-order valence-corrected chi connectivity index (χ4v) is 5.68. The first-order valence-corrected chi connectivity index (χ1v) is 14.3. The Balaban J connectivity index is 1.61. The minimum Gasteiger partial charge on any atom is -0.453 e. The van der Waals surface area contributed by atoms with Gasteiger partial charge in [-0.05, 0) is 74.8 Å². The van der Waals surface area contributed by atoms with Crippen molar-refractivity contribution in [3.63, 3.8) is 0 Å². The van der Waals surface area contributed by atoms with Crippen LogP contribution in [0, 0.1) is 18.8 Å². The molecule has 0 saturated carbocycles. The average molecular weight is 553 g/mol. The maximum atomic E-state index is 13.2. The van der Waals surface area contributed by atoms with Gasteiger partial charge in [0.1, 0.15) is 0 Å². The Labute approximate surface area is 232 Å². The van der Waals surface area contributed by atoms with E-state index in [1.54, 1.807) is 0 Å². The Morgan fingerprint density at radius 2 is 2.08 bits per heavy atom. The number of nitrogens with one attached hydrogen (secondary N) is 3. The number of amides is 3. The van der Waals surface area contributed by atoms with Crippen LogP contribution in [0.2, 0.25) is 5.02 Å². The molecule has 0 aliphatic carbocycles. The summed E-state index contributed by atoms with van der Waals surface area (Å²) in [6, 6.07) is 6.00.